The Hall–Kier alpha value is -0.330. The maximum absolute atomic E-state index is 6.03. The molecule has 18 heavy (non-hydrogen) atoms. The van der Waals surface area contributed by atoms with Gasteiger partial charge in [0.2, 0.25) is 0 Å². The molecule has 0 radical (unpaired) electrons. The Balaban J connectivity index is 1.71. The second-order valence-electron chi connectivity index (χ2n) is 4.44. The fourth-order valence-corrected chi connectivity index (χ4v) is 2.98. The molecule has 0 N–H and O–H groups in total. The second kappa shape index (κ2) is 7.31. The highest BCUT2D eigenvalue weighted by Crippen LogP contribution is 2.27. The summed E-state index contributed by atoms with van der Waals surface area (Å²) in [6.45, 7) is 2.85. The molecule has 1 aromatic rings. The van der Waals surface area contributed by atoms with E-state index in [0.29, 0.717) is 13.2 Å². The van der Waals surface area contributed by atoms with Crippen LogP contribution in [0.15, 0.2) is 30.3 Å². The first-order chi connectivity index (χ1) is 8.85. The van der Waals surface area contributed by atoms with Gasteiger partial charge in [-0.15, -0.1) is 0 Å². The van der Waals surface area contributed by atoms with Crippen LogP contribution in [0.2, 0.25) is 0 Å². The molecular formula is C14H19IO3. The van der Waals surface area contributed by atoms with Crippen LogP contribution in [0.1, 0.15) is 12.8 Å². The summed E-state index contributed by atoms with van der Waals surface area (Å²) in [5, 5.41) is 0. The zero-order chi connectivity index (χ0) is 12.7. The van der Waals surface area contributed by atoms with E-state index in [4.69, 9.17) is 14.2 Å². The van der Waals surface area contributed by atoms with E-state index in [0.717, 1.165) is 36.2 Å². The van der Waals surface area contributed by atoms with Crippen LogP contribution < -0.4 is 4.74 Å². The summed E-state index contributed by atoms with van der Waals surface area (Å²) in [5.74, 6) is 0.900. The Morgan fingerprint density at radius 2 is 1.83 bits per heavy atom. The first-order valence-electron chi connectivity index (χ1n) is 6.30. The predicted molar refractivity (Wildman–Crippen MR) is 79.6 cm³/mol. The second-order valence-corrected chi connectivity index (χ2v) is 5.20. The Morgan fingerprint density at radius 3 is 2.50 bits per heavy atom. The number of alkyl halides is 1. The van der Waals surface area contributed by atoms with Crippen molar-refractivity contribution in [1.29, 1.82) is 0 Å². The van der Waals surface area contributed by atoms with E-state index in [9.17, 15) is 0 Å². The number of hydrogen-bond acceptors (Lipinski definition) is 3. The largest absolute Gasteiger partial charge is 0.491 e. The van der Waals surface area contributed by atoms with Crippen molar-refractivity contribution in [2.45, 2.75) is 18.4 Å². The molecule has 0 atom stereocenters. The van der Waals surface area contributed by atoms with Crippen molar-refractivity contribution in [3.05, 3.63) is 30.3 Å². The minimum atomic E-state index is -0.00113. The summed E-state index contributed by atoms with van der Waals surface area (Å²) in [7, 11) is 0. The summed E-state index contributed by atoms with van der Waals surface area (Å²) in [6.07, 6.45) is 1.97. The van der Waals surface area contributed by atoms with Gasteiger partial charge in [-0.2, -0.15) is 0 Å². The number of rotatable bonds is 6. The lowest BCUT2D eigenvalue weighted by Gasteiger charge is -2.35. The summed E-state index contributed by atoms with van der Waals surface area (Å²) >= 11 is 2.40. The Morgan fingerprint density at radius 1 is 1.11 bits per heavy atom. The van der Waals surface area contributed by atoms with Crippen LogP contribution in [-0.2, 0) is 9.47 Å². The number of halogens is 1. The fraction of sp³-hybridized carbons (Fsp3) is 0.571. The van der Waals surface area contributed by atoms with Gasteiger partial charge in [0.15, 0.2) is 0 Å². The minimum absolute atomic E-state index is 0.00113. The van der Waals surface area contributed by atoms with Crippen molar-refractivity contribution in [1.82, 2.24) is 0 Å². The van der Waals surface area contributed by atoms with Gasteiger partial charge in [-0.3, -0.25) is 0 Å². The van der Waals surface area contributed by atoms with Crippen molar-refractivity contribution in [3.63, 3.8) is 0 Å². The van der Waals surface area contributed by atoms with Crippen LogP contribution in [0.5, 0.6) is 5.75 Å². The molecule has 3 nitrogen and oxygen atoms in total. The van der Waals surface area contributed by atoms with E-state index in [2.05, 4.69) is 22.6 Å². The molecule has 0 aliphatic carbocycles. The van der Waals surface area contributed by atoms with Gasteiger partial charge in [-0.1, -0.05) is 40.8 Å². The Kier molecular flexibility index (Phi) is 5.72. The van der Waals surface area contributed by atoms with Crippen LogP contribution in [0, 0.1) is 0 Å². The molecule has 2 rings (SSSR count). The van der Waals surface area contributed by atoms with E-state index in [1.165, 1.54) is 0 Å². The molecular weight excluding hydrogens is 343 g/mol. The summed E-state index contributed by atoms with van der Waals surface area (Å²) < 4.78 is 18.1. The number of benzene rings is 1. The van der Waals surface area contributed by atoms with Gasteiger partial charge >= 0.3 is 0 Å². The zero-order valence-corrected chi connectivity index (χ0v) is 12.6. The summed E-state index contributed by atoms with van der Waals surface area (Å²) in [4.78, 5) is 0. The van der Waals surface area contributed by atoms with Crippen LogP contribution in [0.25, 0.3) is 0 Å². The van der Waals surface area contributed by atoms with Gasteiger partial charge in [0.1, 0.15) is 12.4 Å². The molecule has 1 fully saturated rings. The maximum Gasteiger partial charge on any atom is 0.119 e. The number of para-hydroxylation sites is 1. The molecule has 100 valence electrons. The fourth-order valence-electron chi connectivity index (χ4n) is 1.99. The molecule has 0 bridgehead atoms. The van der Waals surface area contributed by atoms with Crippen LogP contribution in [0.4, 0.5) is 0 Å². The molecule has 0 unspecified atom stereocenters. The van der Waals surface area contributed by atoms with Gasteiger partial charge < -0.3 is 14.2 Å². The third-order valence-electron chi connectivity index (χ3n) is 3.15. The van der Waals surface area contributed by atoms with Gasteiger partial charge in [-0.05, 0) is 12.1 Å². The van der Waals surface area contributed by atoms with E-state index in [1.807, 2.05) is 30.3 Å². The molecule has 0 saturated carbocycles. The molecule has 1 aromatic carbocycles. The summed E-state index contributed by atoms with van der Waals surface area (Å²) in [5.41, 5.74) is -0.00113. The topological polar surface area (TPSA) is 27.7 Å². The van der Waals surface area contributed by atoms with Crippen molar-refractivity contribution >= 4 is 22.6 Å². The van der Waals surface area contributed by atoms with E-state index >= 15 is 0 Å². The van der Waals surface area contributed by atoms with Crippen molar-refractivity contribution < 1.29 is 14.2 Å². The molecule has 1 saturated heterocycles. The Bertz CT molecular complexity index is 336. The van der Waals surface area contributed by atoms with Gasteiger partial charge in [0.25, 0.3) is 0 Å². The lowest BCUT2D eigenvalue weighted by molar-refractivity contribution is -0.0994. The standard InChI is InChI=1S/C14H19IO3/c15-12-14(6-8-16-9-7-14)18-11-10-17-13-4-2-1-3-5-13/h1-5H,6-12H2. The molecule has 0 aromatic heterocycles. The van der Waals surface area contributed by atoms with Crippen molar-refractivity contribution in [2.75, 3.05) is 30.9 Å². The third kappa shape index (κ3) is 4.10. The van der Waals surface area contributed by atoms with E-state index in [-0.39, 0.29) is 5.60 Å². The average molecular weight is 362 g/mol. The van der Waals surface area contributed by atoms with Crippen LogP contribution >= 0.6 is 22.6 Å². The first-order valence-corrected chi connectivity index (χ1v) is 7.83. The number of ether oxygens (including phenoxy) is 3. The van der Waals surface area contributed by atoms with Crippen molar-refractivity contribution in [2.24, 2.45) is 0 Å². The lowest BCUT2D eigenvalue weighted by atomic mass is 9.97. The average Bonchev–Trinajstić information content (AvgIpc) is 2.46. The molecule has 1 aliphatic rings. The minimum Gasteiger partial charge on any atom is -0.491 e. The van der Waals surface area contributed by atoms with Crippen LogP contribution in [-0.4, -0.2) is 36.5 Å². The Labute approximate surface area is 122 Å². The highest BCUT2D eigenvalue weighted by Gasteiger charge is 2.32. The molecule has 1 aliphatic heterocycles. The van der Waals surface area contributed by atoms with Gasteiger partial charge in [-0.25, -0.2) is 0 Å². The smallest absolute Gasteiger partial charge is 0.119 e. The lowest BCUT2D eigenvalue weighted by Crippen LogP contribution is -2.41. The quantitative estimate of drug-likeness (QED) is 0.442. The monoisotopic (exact) mass is 362 g/mol. The highest BCUT2D eigenvalue weighted by atomic mass is 127. The maximum atomic E-state index is 6.03. The third-order valence-corrected chi connectivity index (χ3v) is 4.54. The first kappa shape index (κ1) is 14.1. The zero-order valence-electron chi connectivity index (χ0n) is 10.4. The van der Waals surface area contributed by atoms with Gasteiger partial charge in [0.05, 0.1) is 12.2 Å². The predicted octanol–water partition coefficient (Wildman–Crippen LogP) is 3.07. The van der Waals surface area contributed by atoms with E-state index in [1.54, 1.807) is 0 Å². The molecule has 1 heterocycles. The summed E-state index contributed by atoms with van der Waals surface area (Å²) in [6, 6.07) is 9.85. The highest BCUT2D eigenvalue weighted by molar-refractivity contribution is 14.1. The van der Waals surface area contributed by atoms with Gasteiger partial charge in [0, 0.05) is 30.5 Å². The number of hydrogen-bond donors (Lipinski definition) is 0. The van der Waals surface area contributed by atoms with Crippen LogP contribution in [0.3, 0.4) is 0 Å². The normalized spacial score (nSPS) is 18.5. The molecule has 0 amide bonds. The molecule has 0 spiro atoms. The SMILES string of the molecule is ICC1(OCCOc2ccccc2)CCOCC1. The van der Waals surface area contributed by atoms with E-state index < -0.39 is 0 Å². The van der Waals surface area contributed by atoms with Crippen molar-refractivity contribution in [3.8, 4) is 5.75 Å². The molecule has 4 heteroatoms.